The number of hydrogen-bond acceptors (Lipinski definition) is 2. The third kappa shape index (κ3) is 4.05. The standard InChI is InChI=1S/C27H29F2NO2/c1-16-9-11-20(12-10-16)32-27(31)24-15-21(17-5-2-3-6-17)26(30-24)19-13-18-7-4-8-22(28)25(18)23(29)14-19/h4,7-8,13-17,20,30H,2-3,5-6,9-12H2,1H3. The maximum Gasteiger partial charge on any atom is 0.355 e. The largest absolute Gasteiger partial charge is 0.458 e. The van der Waals surface area contributed by atoms with Gasteiger partial charge in [0.1, 0.15) is 23.4 Å². The molecule has 0 atom stereocenters. The lowest BCUT2D eigenvalue weighted by Gasteiger charge is -2.25. The molecule has 168 valence electrons. The van der Waals surface area contributed by atoms with Crippen molar-refractivity contribution in [2.24, 2.45) is 5.92 Å². The first kappa shape index (κ1) is 21.2. The zero-order valence-corrected chi connectivity index (χ0v) is 18.4. The summed E-state index contributed by atoms with van der Waals surface area (Å²) in [6.45, 7) is 2.23. The number of nitrogens with one attached hydrogen (secondary N) is 1. The number of esters is 1. The van der Waals surface area contributed by atoms with Gasteiger partial charge in [0.2, 0.25) is 0 Å². The molecular weight excluding hydrogens is 408 g/mol. The Morgan fingerprint density at radius 2 is 1.72 bits per heavy atom. The van der Waals surface area contributed by atoms with E-state index in [4.69, 9.17) is 4.74 Å². The summed E-state index contributed by atoms with van der Waals surface area (Å²) in [6.07, 6.45) is 8.30. The highest BCUT2D eigenvalue weighted by Gasteiger charge is 2.27. The van der Waals surface area contributed by atoms with E-state index in [1.54, 1.807) is 18.2 Å². The molecule has 2 aromatic carbocycles. The number of H-pyrrole nitrogens is 1. The molecule has 1 aromatic heterocycles. The fraction of sp³-hybridized carbons (Fsp3) is 0.444. The summed E-state index contributed by atoms with van der Waals surface area (Å²) in [6, 6.07) is 9.62. The Labute approximate surface area is 187 Å². The first-order valence-electron chi connectivity index (χ1n) is 11.8. The molecule has 0 radical (unpaired) electrons. The van der Waals surface area contributed by atoms with Crippen molar-refractivity contribution in [3.63, 3.8) is 0 Å². The van der Waals surface area contributed by atoms with E-state index in [1.807, 2.05) is 6.07 Å². The molecule has 0 amide bonds. The molecule has 3 aromatic rings. The van der Waals surface area contributed by atoms with Crippen LogP contribution in [0.25, 0.3) is 22.0 Å². The second-order valence-corrected chi connectivity index (χ2v) is 9.58. The zero-order valence-electron chi connectivity index (χ0n) is 18.4. The van der Waals surface area contributed by atoms with Crippen LogP contribution in [0.4, 0.5) is 8.78 Å². The number of fused-ring (bicyclic) bond motifs is 1. The minimum atomic E-state index is -0.594. The first-order chi connectivity index (χ1) is 15.5. The van der Waals surface area contributed by atoms with Crippen LogP contribution in [0.2, 0.25) is 0 Å². The Hall–Kier alpha value is -2.69. The molecule has 2 aliphatic rings. The second kappa shape index (κ2) is 8.68. The Balaban J connectivity index is 1.51. The van der Waals surface area contributed by atoms with E-state index < -0.39 is 11.6 Å². The number of benzene rings is 2. The SMILES string of the molecule is CC1CCC(OC(=O)c2cc(C3CCCC3)c(-c3cc(F)c4c(F)cccc4c3)[nH]2)CC1. The fourth-order valence-electron chi connectivity index (χ4n) is 5.42. The van der Waals surface area contributed by atoms with Crippen LogP contribution in [0.5, 0.6) is 0 Å². The van der Waals surface area contributed by atoms with E-state index in [1.165, 1.54) is 12.1 Å². The number of rotatable bonds is 4. The lowest BCUT2D eigenvalue weighted by Crippen LogP contribution is -2.23. The van der Waals surface area contributed by atoms with Crippen molar-refractivity contribution in [3.8, 4) is 11.3 Å². The summed E-state index contributed by atoms with van der Waals surface area (Å²) >= 11 is 0. The predicted molar refractivity (Wildman–Crippen MR) is 122 cm³/mol. The zero-order chi connectivity index (χ0) is 22.2. The Bertz CT molecular complexity index is 1140. The summed E-state index contributed by atoms with van der Waals surface area (Å²) in [4.78, 5) is 16.2. The summed E-state index contributed by atoms with van der Waals surface area (Å²) in [5.74, 6) is -0.501. The van der Waals surface area contributed by atoms with Gasteiger partial charge >= 0.3 is 5.97 Å². The van der Waals surface area contributed by atoms with Crippen LogP contribution in [0, 0.1) is 17.6 Å². The second-order valence-electron chi connectivity index (χ2n) is 9.58. The highest BCUT2D eigenvalue weighted by atomic mass is 19.1. The lowest BCUT2D eigenvalue weighted by molar-refractivity contribution is 0.0168. The summed E-state index contributed by atoms with van der Waals surface area (Å²) in [5, 5.41) is 0.504. The minimum absolute atomic E-state index is 0.00335. The minimum Gasteiger partial charge on any atom is -0.458 e. The number of ether oxygens (including phenoxy) is 1. The van der Waals surface area contributed by atoms with Gasteiger partial charge in [0.05, 0.1) is 5.39 Å². The van der Waals surface area contributed by atoms with Gasteiger partial charge in [-0.05, 0) is 85.6 Å². The normalized spacial score (nSPS) is 21.8. The molecule has 32 heavy (non-hydrogen) atoms. The van der Waals surface area contributed by atoms with Crippen LogP contribution >= 0.6 is 0 Å². The lowest BCUT2D eigenvalue weighted by atomic mass is 9.89. The first-order valence-corrected chi connectivity index (χ1v) is 11.8. The maximum absolute atomic E-state index is 14.9. The van der Waals surface area contributed by atoms with Gasteiger partial charge in [-0.2, -0.15) is 0 Å². The molecule has 5 rings (SSSR count). The van der Waals surface area contributed by atoms with Gasteiger partial charge in [-0.25, -0.2) is 13.6 Å². The number of carbonyl (C=O) groups excluding carboxylic acids is 1. The predicted octanol–water partition coefficient (Wildman–Crippen LogP) is 7.51. The number of halogens is 2. The number of aromatic nitrogens is 1. The van der Waals surface area contributed by atoms with Crippen molar-refractivity contribution < 1.29 is 18.3 Å². The molecule has 2 saturated carbocycles. The Kier molecular flexibility index (Phi) is 5.75. The number of hydrogen-bond donors (Lipinski definition) is 1. The van der Waals surface area contributed by atoms with Crippen LogP contribution < -0.4 is 0 Å². The molecular formula is C27H29F2NO2. The van der Waals surface area contributed by atoms with E-state index in [0.29, 0.717) is 28.5 Å². The quantitative estimate of drug-likeness (QED) is 0.429. The summed E-state index contributed by atoms with van der Waals surface area (Å²) < 4.78 is 34.8. The molecule has 0 saturated heterocycles. The smallest absolute Gasteiger partial charge is 0.355 e. The van der Waals surface area contributed by atoms with Gasteiger partial charge in [-0.15, -0.1) is 0 Å². The fourth-order valence-corrected chi connectivity index (χ4v) is 5.42. The van der Waals surface area contributed by atoms with E-state index in [0.717, 1.165) is 62.6 Å². The van der Waals surface area contributed by atoms with Crippen LogP contribution in [0.1, 0.15) is 80.3 Å². The van der Waals surface area contributed by atoms with Crippen LogP contribution in [-0.4, -0.2) is 17.1 Å². The van der Waals surface area contributed by atoms with Crippen molar-refractivity contribution in [2.75, 3.05) is 0 Å². The van der Waals surface area contributed by atoms with E-state index in [9.17, 15) is 13.6 Å². The van der Waals surface area contributed by atoms with Crippen molar-refractivity contribution in [1.29, 1.82) is 0 Å². The molecule has 2 aliphatic carbocycles. The van der Waals surface area contributed by atoms with Crippen LogP contribution in [0.3, 0.4) is 0 Å². The van der Waals surface area contributed by atoms with Crippen LogP contribution in [-0.2, 0) is 4.74 Å². The van der Waals surface area contributed by atoms with Crippen molar-refractivity contribution in [1.82, 2.24) is 4.98 Å². The topological polar surface area (TPSA) is 42.1 Å². The van der Waals surface area contributed by atoms with Gasteiger partial charge < -0.3 is 9.72 Å². The molecule has 2 fully saturated rings. The van der Waals surface area contributed by atoms with Gasteiger partial charge in [-0.3, -0.25) is 0 Å². The molecule has 1 N–H and O–H groups in total. The van der Waals surface area contributed by atoms with Gasteiger partial charge in [0.25, 0.3) is 0 Å². The van der Waals surface area contributed by atoms with Crippen molar-refractivity contribution >= 4 is 16.7 Å². The summed E-state index contributed by atoms with van der Waals surface area (Å²) in [5.41, 5.74) is 2.82. The molecule has 0 aliphatic heterocycles. The van der Waals surface area contributed by atoms with Crippen molar-refractivity contribution in [3.05, 3.63) is 59.3 Å². The average molecular weight is 438 g/mol. The van der Waals surface area contributed by atoms with Gasteiger partial charge in [-0.1, -0.05) is 31.9 Å². The summed E-state index contributed by atoms with van der Waals surface area (Å²) in [7, 11) is 0. The van der Waals surface area contributed by atoms with Crippen molar-refractivity contribution in [2.45, 2.75) is 70.3 Å². The molecule has 0 spiro atoms. The average Bonchev–Trinajstić information content (AvgIpc) is 3.45. The third-order valence-electron chi connectivity index (χ3n) is 7.27. The molecule has 3 nitrogen and oxygen atoms in total. The Morgan fingerprint density at radius 1 is 0.969 bits per heavy atom. The molecule has 5 heteroatoms. The molecule has 0 unspecified atom stereocenters. The Morgan fingerprint density at radius 3 is 2.47 bits per heavy atom. The van der Waals surface area contributed by atoms with E-state index >= 15 is 0 Å². The maximum atomic E-state index is 14.9. The highest BCUT2D eigenvalue weighted by Crippen LogP contribution is 2.41. The number of carbonyl (C=O) groups is 1. The monoisotopic (exact) mass is 437 g/mol. The highest BCUT2D eigenvalue weighted by molar-refractivity contribution is 5.92. The van der Waals surface area contributed by atoms with Gasteiger partial charge in [0, 0.05) is 11.3 Å². The van der Waals surface area contributed by atoms with E-state index in [-0.39, 0.29) is 17.5 Å². The number of aromatic amines is 1. The van der Waals surface area contributed by atoms with Crippen LogP contribution in [0.15, 0.2) is 36.4 Å². The van der Waals surface area contributed by atoms with E-state index in [2.05, 4.69) is 11.9 Å². The molecule has 1 heterocycles. The van der Waals surface area contributed by atoms with Gasteiger partial charge in [0.15, 0.2) is 0 Å². The molecule has 0 bridgehead atoms. The third-order valence-corrected chi connectivity index (χ3v) is 7.27.